The summed E-state index contributed by atoms with van der Waals surface area (Å²) < 4.78 is 27.0. The van der Waals surface area contributed by atoms with Crippen LogP contribution < -0.4 is 10.6 Å². The second kappa shape index (κ2) is 16.7. The molecule has 0 aliphatic heterocycles. The molecule has 0 saturated heterocycles. The van der Waals surface area contributed by atoms with Crippen LogP contribution in [0.5, 0.6) is 0 Å². The first-order valence-electron chi connectivity index (χ1n) is 14.3. The van der Waals surface area contributed by atoms with Gasteiger partial charge >= 0.3 is 246 Å². The normalized spacial score (nSPS) is 13.8. The molecule has 206 valence electrons. The van der Waals surface area contributed by atoms with Crippen molar-refractivity contribution in [3.8, 4) is 0 Å². The summed E-state index contributed by atoms with van der Waals surface area (Å²) in [7, 11) is -3.57. The van der Waals surface area contributed by atoms with Gasteiger partial charge in [0.15, 0.2) is 0 Å². The van der Waals surface area contributed by atoms with E-state index in [2.05, 4.69) is 50.3 Å². The third-order valence-electron chi connectivity index (χ3n) is 7.71. The van der Waals surface area contributed by atoms with Crippen molar-refractivity contribution in [2.45, 2.75) is 96.8 Å². The van der Waals surface area contributed by atoms with E-state index in [1.807, 2.05) is 60.7 Å². The summed E-state index contributed by atoms with van der Waals surface area (Å²) in [6.45, 7) is 9.00. The van der Waals surface area contributed by atoms with Crippen LogP contribution in [0.25, 0.3) is 0 Å². The van der Waals surface area contributed by atoms with Gasteiger partial charge in [-0.05, 0) is 0 Å². The SMILES string of the molecule is CCC[CH2][Sn]([CH2]CCC)([CH2]CCC)[CH2]C(C)(CCCI)C(=O)OP(=O)(c1ccccc1)c1ccccc1. The van der Waals surface area contributed by atoms with E-state index in [9.17, 15) is 9.36 Å². The third kappa shape index (κ3) is 9.67. The first kappa shape index (κ1) is 32.9. The Morgan fingerprint density at radius 1 is 0.811 bits per heavy atom. The van der Waals surface area contributed by atoms with Gasteiger partial charge in [-0.2, -0.15) is 0 Å². The summed E-state index contributed by atoms with van der Waals surface area (Å²) in [5, 5.41) is 1.17. The molecular weight excluding hydrogens is 697 g/mol. The fourth-order valence-corrected chi connectivity index (χ4v) is 26.8. The minimum atomic E-state index is -3.57. The maximum absolute atomic E-state index is 14.6. The molecule has 0 N–H and O–H groups in total. The van der Waals surface area contributed by atoms with E-state index in [0.29, 0.717) is 10.6 Å². The Bertz CT molecular complexity index is 904. The molecule has 37 heavy (non-hydrogen) atoms. The second-order valence-corrected chi connectivity index (χ2v) is 28.2. The van der Waals surface area contributed by atoms with E-state index in [1.54, 1.807) is 0 Å². The van der Waals surface area contributed by atoms with Crippen molar-refractivity contribution >= 4 is 64.9 Å². The van der Waals surface area contributed by atoms with Gasteiger partial charge in [0.2, 0.25) is 0 Å². The minimum absolute atomic E-state index is 0.251. The van der Waals surface area contributed by atoms with Gasteiger partial charge in [0.1, 0.15) is 0 Å². The molecule has 3 nitrogen and oxygen atoms in total. The average Bonchev–Trinajstić information content (AvgIpc) is 2.93. The molecule has 0 spiro atoms. The summed E-state index contributed by atoms with van der Waals surface area (Å²) in [5.74, 6) is -0.251. The van der Waals surface area contributed by atoms with Crippen LogP contribution in [-0.4, -0.2) is 28.8 Å². The first-order valence-corrected chi connectivity index (χ1v) is 25.5. The fourth-order valence-electron chi connectivity index (χ4n) is 5.57. The van der Waals surface area contributed by atoms with Gasteiger partial charge in [-0.15, -0.1) is 0 Å². The molecular formula is C31H48IO3PSn. The number of benzene rings is 2. The van der Waals surface area contributed by atoms with Gasteiger partial charge in [-0.1, -0.05) is 0 Å². The first-order chi connectivity index (χ1) is 17.8. The molecule has 0 fully saturated rings. The Kier molecular flexibility index (Phi) is 14.8. The fraction of sp³-hybridized carbons (Fsp3) is 0.581. The Morgan fingerprint density at radius 3 is 1.62 bits per heavy atom. The third-order valence-corrected chi connectivity index (χ3v) is 27.3. The number of hydrogen-bond donors (Lipinski definition) is 0. The van der Waals surface area contributed by atoms with Crippen molar-refractivity contribution in [3.05, 3.63) is 60.7 Å². The van der Waals surface area contributed by atoms with Crippen LogP contribution in [0.2, 0.25) is 17.7 Å². The van der Waals surface area contributed by atoms with E-state index in [-0.39, 0.29) is 5.97 Å². The molecule has 2 aromatic rings. The predicted molar refractivity (Wildman–Crippen MR) is 172 cm³/mol. The molecule has 0 saturated carbocycles. The van der Waals surface area contributed by atoms with Crippen LogP contribution in [0.1, 0.15) is 79.1 Å². The molecule has 2 rings (SSSR count). The Hall–Kier alpha value is -0.331. The zero-order valence-corrected chi connectivity index (χ0v) is 29.4. The number of alkyl halides is 1. The van der Waals surface area contributed by atoms with E-state index >= 15 is 0 Å². The molecule has 1 atom stereocenters. The summed E-state index contributed by atoms with van der Waals surface area (Å²) in [4.78, 5) is 14.3. The van der Waals surface area contributed by atoms with E-state index < -0.39 is 31.2 Å². The zero-order valence-electron chi connectivity index (χ0n) is 23.5. The molecule has 0 heterocycles. The summed E-state index contributed by atoms with van der Waals surface area (Å²) in [6, 6.07) is 18.6. The van der Waals surface area contributed by atoms with Crippen LogP contribution in [0, 0.1) is 5.41 Å². The number of carbonyl (C=O) groups excluding carboxylic acids is 1. The average molecular weight is 745 g/mol. The quantitative estimate of drug-likeness (QED) is 0.0661. The van der Waals surface area contributed by atoms with Gasteiger partial charge in [0.05, 0.1) is 0 Å². The molecule has 0 aliphatic rings. The van der Waals surface area contributed by atoms with Crippen LogP contribution in [0.3, 0.4) is 0 Å². The van der Waals surface area contributed by atoms with E-state index in [0.717, 1.165) is 21.7 Å². The van der Waals surface area contributed by atoms with Gasteiger partial charge in [-0.25, -0.2) is 0 Å². The van der Waals surface area contributed by atoms with Gasteiger partial charge in [0.25, 0.3) is 0 Å². The molecule has 6 heteroatoms. The Balaban J connectivity index is 2.51. The van der Waals surface area contributed by atoms with Crippen LogP contribution in [-0.2, 0) is 13.9 Å². The van der Waals surface area contributed by atoms with Crippen molar-refractivity contribution in [1.29, 1.82) is 0 Å². The molecule has 2 aromatic carbocycles. The van der Waals surface area contributed by atoms with Crippen molar-refractivity contribution < 1.29 is 13.9 Å². The zero-order chi connectivity index (χ0) is 27.2. The monoisotopic (exact) mass is 746 g/mol. The molecule has 0 bridgehead atoms. The second-order valence-electron chi connectivity index (χ2n) is 10.9. The number of hydrogen-bond acceptors (Lipinski definition) is 3. The molecule has 0 aromatic heterocycles. The standard InChI is InChI=1S/C19H21IO3P.3C4H9.Sn/c1-19(2,14-9-15-20)18(21)23-24(22,16-10-5-3-6-11-16)17-12-7-4-8-13-17;3*1-3-4-2;/h3-8,10-13H,1,9,14-15H2,2H3;3*1,3-4H2,2H3;. The van der Waals surface area contributed by atoms with Crippen molar-refractivity contribution in [1.82, 2.24) is 0 Å². The van der Waals surface area contributed by atoms with Gasteiger partial charge in [-0.3, -0.25) is 0 Å². The van der Waals surface area contributed by atoms with Gasteiger partial charge < -0.3 is 0 Å². The molecule has 0 amide bonds. The summed E-state index contributed by atoms with van der Waals surface area (Å²) >= 11 is -0.267. The Labute approximate surface area is 244 Å². The summed E-state index contributed by atoms with van der Waals surface area (Å²) in [6.07, 6.45) is 9.23. The number of rotatable bonds is 18. The van der Waals surface area contributed by atoms with Crippen LogP contribution in [0.15, 0.2) is 60.7 Å². The van der Waals surface area contributed by atoms with Crippen molar-refractivity contribution in [3.63, 3.8) is 0 Å². The van der Waals surface area contributed by atoms with Gasteiger partial charge in [0, 0.05) is 0 Å². The summed E-state index contributed by atoms with van der Waals surface area (Å²) in [5.41, 5.74) is -0.588. The van der Waals surface area contributed by atoms with E-state index in [4.69, 9.17) is 4.52 Å². The number of carbonyl (C=O) groups is 1. The van der Waals surface area contributed by atoms with Crippen LogP contribution >= 0.6 is 30.0 Å². The molecule has 0 aliphatic carbocycles. The predicted octanol–water partition coefficient (Wildman–Crippen LogP) is 9.53. The van der Waals surface area contributed by atoms with Crippen LogP contribution in [0.4, 0.5) is 0 Å². The van der Waals surface area contributed by atoms with Crippen molar-refractivity contribution in [2.75, 3.05) is 4.43 Å². The molecule has 1 unspecified atom stereocenters. The number of halogens is 1. The molecule has 0 radical (unpaired) electrons. The maximum atomic E-state index is 14.6. The Morgan fingerprint density at radius 2 is 1.24 bits per heavy atom. The number of unbranched alkanes of at least 4 members (excludes halogenated alkanes) is 3. The van der Waals surface area contributed by atoms with E-state index in [1.165, 1.54) is 51.8 Å². The van der Waals surface area contributed by atoms with Crippen molar-refractivity contribution in [2.24, 2.45) is 5.41 Å². The topological polar surface area (TPSA) is 43.4 Å².